The maximum atomic E-state index is 12.5. The lowest BCUT2D eigenvalue weighted by molar-refractivity contribution is -0.119. The van der Waals surface area contributed by atoms with E-state index in [1.165, 1.54) is 5.56 Å². The average Bonchev–Trinajstić information content (AvgIpc) is 2.66. The molecule has 6 nitrogen and oxygen atoms in total. The van der Waals surface area contributed by atoms with Crippen molar-refractivity contribution in [3.63, 3.8) is 0 Å². The van der Waals surface area contributed by atoms with E-state index >= 15 is 0 Å². The number of aryl methyl sites for hydroxylation is 2. The molecule has 0 fully saturated rings. The Labute approximate surface area is 180 Å². The Hall–Kier alpha value is -2.67. The fourth-order valence-corrected chi connectivity index (χ4v) is 4.27. The largest absolute Gasteiger partial charge is 0.271 e. The molecule has 0 spiro atoms. The van der Waals surface area contributed by atoms with E-state index in [2.05, 4.69) is 36.5 Å². The molecule has 0 unspecified atom stereocenters. The number of hydrogen-bond donors (Lipinski definition) is 1. The number of carbonyl (C=O) groups is 1. The quantitative estimate of drug-likeness (QED) is 0.510. The van der Waals surface area contributed by atoms with Crippen molar-refractivity contribution >= 4 is 27.3 Å². The summed E-state index contributed by atoms with van der Waals surface area (Å²) in [5, 5.41) is 4.20. The summed E-state index contributed by atoms with van der Waals surface area (Å²) in [5.74, 6) is -0.488. The van der Waals surface area contributed by atoms with E-state index in [-0.39, 0.29) is 12.0 Å². The van der Waals surface area contributed by atoms with Crippen molar-refractivity contribution in [1.29, 1.82) is 0 Å². The molecular formula is C23H31N3O3S. The highest BCUT2D eigenvalue weighted by molar-refractivity contribution is 7.92. The van der Waals surface area contributed by atoms with E-state index in [9.17, 15) is 13.2 Å². The third-order valence-electron chi connectivity index (χ3n) is 4.95. The van der Waals surface area contributed by atoms with Crippen LogP contribution < -0.4 is 9.73 Å². The van der Waals surface area contributed by atoms with Crippen LogP contribution in [0.25, 0.3) is 0 Å². The Balaban J connectivity index is 2.11. The first-order valence-electron chi connectivity index (χ1n) is 9.82. The molecule has 162 valence electrons. The maximum absolute atomic E-state index is 12.5. The van der Waals surface area contributed by atoms with Gasteiger partial charge in [0.25, 0.3) is 5.91 Å². The average molecular weight is 430 g/mol. The predicted molar refractivity (Wildman–Crippen MR) is 123 cm³/mol. The standard InChI is InChI=1S/C23H31N3O3S/c1-17-12-13-18(2)21(14-17)26(30(6,28)29)16-22(27)25-24-19(3)15-23(4,5)20-10-8-7-9-11-20/h7-14H,15-16H2,1-6H3,(H,25,27)/b24-19-. The predicted octanol–water partition coefficient (Wildman–Crippen LogP) is 3.93. The van der Waals surface area contributed by atoms with Gasteiger partial charge in [0.05, 0.1) is 11.9 Å². The Morgan fingerprint density at radius 2 is 1.73 bits per heavy atom. The molecule has 2 rings (SSSR count). The molecule has 7 heteroatoms. The number of carbonyl (C=O) groups excluding carboxylic acids is 1. The van der Waals surface area contributed by atoms with Gasteiger partial charge in [0, 0.05) is 5.71 Å². The summed E-state index contributed by atoms with van der Waals surface area (Å²) in [4.78, 5) is 12.5. The maximum Gasteiger partial charge on any atom is 0.260 e. The second kappa shape index (κ2) is 9.43. The van der Waals surface area contributed by atoms with Crippen molar-refractivity contribution in [2.45, 2.75) is 46.5 Å². The van der Waals surface area contributed by atoms with Gasteiger partial charge in [-0.25, -0.2) is 13.8 Å². The van der Waals surface area contributed by atoms with E-state index in [1.807, 2.05) is 51.1 Å². The van der Waals surface area contributed by atoms with E-state index in [0.29, 0.717) is 12.1 Å². The molecule has 0 aliphatic heterocycles. The molecule has 0 bridgehead atoms. The summed E-state index contributed by atoms with van der Waals surface area (Å²) in [6, 6.07) is 15.6. The van der Waals surface area contributed by atoms with Gasteiger partial charge in [-0.05, 0) is 55.4 Å². The van der Waals surface area contributed by atoms with Gasteiger partial charge in [0.15, 0.2) is 0 Å². The van der Waals surface area contributed by atoms with Gasteiger partial charge in [-0.15, -0.1) is 0 Å². The number of sulfonamides is 1. The third kappa shape index (κ3) is 6.42. The molecule has 0 saturated carbocycles. The summed E-state index contributed by atoms with van der Waals surface area (Å²) in [6.45, 7) is 9.46. The fraction of sp³-hybridized carbons (Fsp3) is 0.391. The molecular weight excluding hydrogens is 398 g/mol. The van der Waals surface area contributed by atoms with Crippen LogP contribution in [0.5, 0.6) is 0 Å². The van der Waals surface area contributed by atoms with Crippen molar-refractivity contribution in [1.82, 2.24) is 5.43 Å². The molecule has 1 amide bonds. The number of anilines is 1. The first-order valence-corrected chi connectivity index (χ1v) is 11.7. The van der Waals surface area contributed by atoms with Crippen LogP contribution in [-0.4, -0.2) is 32.8 Å². The van der Waals surface area contributed by atoms with Crippen molar-refractivity contribution in [2.24, 2.45) is 5.10 Å². The second-order valence-corrected chi connectivity index (χ2v) is 10.3. The highest BCUT2D eigenvalue weighted by Gasteiger charge is 2.23. The monoisotopic (exact) mass is 429 g/mol. The Bertz CT molecular complexity index is 1030. The number of rotatable bonds is 8. The third-order valence-corrected chi connectivity index (χ3v) is 6.07. The highest BCUT2D eigenvalue weighted by Crippen LogP contribution is 2.27. The van der Waals surface area contributed by atoms with Gasteiger partial charge in [-0.3, -0.25) is 9.10 Å². The van der Waals surface area contributed by atoms with Gasteiger partial charge in [-0.2, -0.15) is 5.10 Å². The minimum Gasteiger partial charge on any atom is -0.271 e. The molecule has 2 aromatic rings. The lowest BCUT2D eigenvalue weighted by atomic mass is 9.80. The lowest BCUT2D eigenvalue weighted by Gasteiger charge is -2.25. The van der Waals surface area contributed by atoms with Crippen LogP contribution >= 0.6 is 0 Å². The zero-order valence-electron chi connectivity index (χ0n) is 18.6. The van der Waals surface area contributed by atoms with E-state index in [4.69, 9.17) is 0 Å². The van der Waals surface area contributed by atoms with Crippen LogP contribution in [0.4, 0.5) is 5.69 Å². The molecule has 0 aliphatic rings. The molecule has 0 atom stereocenters. The molecule has 0 saturated heterocycles. The van der Waals surface area contributed by atoms with Crippen molar-refractivity contribution in [3.8, 4) is 0 Å². The van der Waals surface area contributed by atoms with E-state index in [1.54, 1.807) is 6.07 Å². The highest BCUT2D eigenvalue weighted by atomic mass is 32.2. The summed E-state index contributed by atoms with van der Waals surface area (Å²) >= 11 is 0. The Morgan fingerprint density at radius 1 is 1.10 bits per heavy atom. The molecule has 1 N–H and O–H groups in total. The first-order chi connectivity index (χ1) is 13.9. The number of hydrazone groups is 1. The zero-order chi connectivity index (χ0) is 22.5. The first kappa shape index (κ1) is 23.6. The van der Waals surface area contributed by atoms with Crippen LogP contribution in [-0.2, 0) is 20.2 Å². The molecule has 0 aromatic heterocycles. The van der Waals surface area contributed by atoms with Crippen LogP contribution in [0.15, 0.2) is 53.6 Å². The Morgan fingerprint density at radius 3 is 2.33 bits per heavy atom. The number of nitrogens with one attached hydrogen (secondary N) is 1. The van der Waals surface area contributed by atoms with Gasteiger partial charge >= 0.3 is 0 Å². The van der Waals surface area contributed by atoms with Crippen molar-refractivity contribution in [3.05, 3.63) is 65.2 Å². The lowest BCUT2D eigenvalue weighted by Crippen LogP contribution is -2.39. The van der Waals surface area contributed by atoms with Gasteiger partial charge < -0.3 is 0 Å². The normalized spacial score (nSPS) is 12.5. The molecule has 0 aliphatic carbocycles. The van der Waals surface area contributed by atoms with Crippen LogP contribution in [0.1, 0.15) is 43.9 Å². The Kier molecular flexibility index (Phi) is 7.42. The minimum atomic E-state index is -3.63. The van der Waals surface area contributed by atoms with Crippen molar-refractivity contribution in [2.75, 3.05) is 17.1 Å². The molecule has 2 aromatic carbocycles. The zero-order valence-corrected chi connectivity index (χ0v) is 19.4. The molecule has 30 heavy (non-hydrogen) atoms. The summed E-state index contributed by atoms with van der Waals surface area (Å²) < 4.78 is 25.8. The topological polar surface area (TPSA) is 78.8 Å². The minimum absolute atomic E-state index is 0.142. The number of amides is 1. The second-order valence-electron chi connectivity index (χ2n) is 8.37. The number of nitrogens with zero attached hydrogens (tertiary/aromatic N) is 2. The van der Waals surface area contributed by atoms with E-state index in [0.717, 1.165) is 27.4 Å². The van der Waals surface area contributed by atoms with Crippen molar-refractivity contribution < 1.29 is 13.2 Å². The summed E-state index contributed by atoms with van der Waals surface area (Å²) in [5.41, 5.74) is 6.50. The number of benzene rings is 2. The van der Waals surface area contributed by atoms with Gasteiger partial charge in [0.2, 0.25) is 10.0 Å². The van der Waals surface area contributed by atoms with Gasteiger partial charge in [-0.1, -0.05) is 56.3 Å². The summed E-state index contributed by atoms with van der Waals surface area (Å²) in [7, 11) is -3.63. The van der Waals surface area contributed by atoms with Gasteiger partial charge in [0.1, 0.15) is 6.54 Å². The fourth-order valence-electron chi connectivity index (χ4n) is 3.36. The van der Waals surface area contributed by atoms with E-state index < -0.39 is 15.9 Å². The molecule has 0 heterocycles. The SMILES string of the molecule is C/C(CC(C)(C)c1ccccc1)=N/NC(=O)CN(c1cc(C)ccc1C)S(C)(=O)=O. The smallest absolute Gasteiger partial charge is 0.260 e. The molecule has 0 radical (unpaired) electrons. The number of hydrogen-bond acceptors (Lipinski definition) is 4. The summed E-state index contributed by atoms with van der Waals surface area (Å²) in [6.07, 6.45) is 1.75. The van der Waals surface area contributed by atoms with Crippen LogP contribution in [0.3, 0.4) is 0 Å². The van der Waals surface area contributed by atoms with Crippen LogP contribution in [0, 0.1) is 13.8 Å². The van der Waals surface area contributed by atoms with Crippen LogP contribution in [0.2, 0.25) is 0 Å².